The molecule has 0 fully saturated rings. The Morgan fingerprint density at radius 1 is 0.500 bits per heavy atom. The van der Waals surface area contributed by atoms with Gasteiger partial charge in [-0.2, -0.15) is 0 Å². The van der Waals surface area contributed by atoms with Crippen LogP contribution in [0, 0.1) is 0 Å². The minimum atomic E-state index is -2.21. The first-order chi connectivity index (χ1) is 13.7. The van der Waals surface area contributed by atoms with Crippen molar-refractivity contribution in [3.63, 3.8) is 0 Å². The molecule has 0 aliphatic heterocycles. The zero-order chi connectivity index (χ0) is 20.7. The third-order valence-electron chi connectivity index (χ3n) is 5.75. The van der Waals surface area contributed by atoms with E-state index in [2.05, 4.69) is 13.8 Å². The normalized spacial score (nSPS) is 12.8. The van der Waals surface area contributed by atoms with Gasteiger partial charge >= 0.3 is 8.60 Å². The zero-order valence-electron chi connectivity index (χ0n) is 19.2. The van der Waals surface area contributed by atoms with E-state index >= 15 is 0 Å². The van der Waals surface area contributed by atoms with E-state index in [1.165, 1.54) is 109 Å². The summed E-state index contributed by atoms with van der Waals surface area (Å²) in [5.74, 6) is 0. The highest BCUT2D eigenvalue weighted by Crippen LogP contribution is 2.31. The molecule has 2 N–H and O–H groups in total. The highest BCUT2D eigenvalue weighted by Gasteiger charge is 2.13. The van der Waals surface area contributed by atoms with Crippen LogP contribution in [0.3, 0.4) is 0 Å². The molecule has 0 amide bonds. The van der Waals surface area contributed by atoms with Crippen LogP contribution in [-0.4, -0.2) is 15.9 Å². The van der Waals surface area contributed by atoms with E-state index in [1.807, 2.05) is 0 Å². The number of hydrogen-bond donors (Lipinski definition) is 2. The Labute approximate surface area is 178 Å². The summed E-state index contributed by atoms with van der Waals surface area (Å²) >= 11 is 0. The number of unbranched alkanes of at least 4 members (excludes halogenated alkanes) is 17. The summed E-state index contributed by atoms with van der Waals surface area (Å²) in [7, 11) is -2.21. The van der Waals surface area contributed by atoms with E-state index in [9.17, 15) is 9.79 Å². The van der Waals surface area contributed by atoms with Crippen LogP contribution in [0.1, 0.15) is 149 Å². The Hall–Kier alpha value is 0.310. The molecular formula is C24H51O3P. The molecule has 0 rings (SSSR count). The van der Waals surface area contributed by atoms with E-state index in [-0.39, 0.29) is 6.10 Å². The van der Waals surface area contributed by atoms with Gasteiger partial charge < -0.3 is 14.3 Å². The first-order valence-electron chi connectivity index (χ1n) is 12.5. The van der Waals surface area contributed by atoms with Crippen molar-refractivity contribution in [3.05, 3.63) is 0 Å². The van der Waals surface area contributed by atoms with Gasteiger partial charge in [-0.1, -0.05) is 136 Å². The van der Waals surface area contributed by atoms with Crippen molar-refractivity contribution in [2.45, 2.75) is 155 Å². The fourth-order valence-electron chi connectivity index (χ4n) is 3.93. The predicted molar refractivity (Wildman–Crippen MR) is 125 cm³/mol. The SMILES string of the molecule is CCCCCCCCCCCCC(CCCCCCCCCCC)OP(O)O. The van der Waals surface area contributed by atoms with Gasteiger partial charge in [0.1, 0.15) is 0 Å². The Balaban J connectivity index is 3.55. The van der Waals surface area contributed by atoms with Crippen LogP contribution in [0.5, 0.6) is 0 Å². The summed E-state index contributed by atoms with van der Waals surface area (Å²) in [6.45, 7) is 4.53. The van der Waals surface area contributed by atoms with Gasteiger partial charge in [0.2, 0.25) is 0 Å². The second kappa shape index (κ2) is 23.6. The van der Waals surface area contributed by atoms with Gasteiger partial charge in [0, 0.05) is 0 Å². The van der Waals surface area contributed by atoms with Gasteiger partial charge in [0.05, 0.1) is 6.10 Å². The molecule has 28 heavy (non-hydrogen) atoms. The molecule has 1 unspecified atom stereocenters. The lowest BCUT2D eigenvalue weighted by molar-refractivity contribution is 0.147. The van der Waals surface area contributed by atoms with Crippen molar-refractivity contribution < 1.29 is 14.3 Å². The van der Waals surface area contributed by atoms with Crippen molar-refractivity contribution in [1.82, 2.24) is 0 Å². The van der Waals surface area contributed by atoms with Crippen molar-refractivity contribution in [2.24, 2.45) is 0 Å². The second-order valence-corrected chi connectivity index (χ2v) is 9.28. The molecule has 0 radical (unpaired) electrons. The monoisotopic (exact) mass is 418 g/mol. The quantitative estimate of drug-likeness (QED) is 0.129. The molecule has 4 heteroatoms. The average Bonchev–Trinajstić information content (AvgIpc) is 2.67. The smallest absolute Gasteiger partial charge is 0.327 e. The molecular weight excluding hydrogens is 367 g/mol. The molecule has 0 saturated heterocycles. The standard InChI is InChI=1S/C24H51O3P/c1-3-5-7-9-11-13-15-17-19-21-23-24(27-28(25)26)22-20-18-16-14-12-10-8-6-4-2/h24-26H,3-23H2,1-2H3. The number of hydrogen-bond acceptors (Lipinski definition) is 3. The molecule has 3 nitrogen and oxygen atoms in total. The lowest BCUT2D eigenvalue weighted by atomic mass is 10.0. The highest BCUT2D eigenvalue weighted by atomic mass is 31.2. The van der Waals surface area contributed by atoms with Crippen LogP contribution < -0.4 is 0 Å². The first-order valence-corrected chi connectivity index (χ1v) is 13.7. The summed E-state index contributed by atoms with van der Waals surface area (Å²) in [4.78, 5) is 18.5. The minimum absolute atomic E-state index is 0.0414. The van der Waals surface area contributed by atoms with Crippen LogP contribution >= 0.6 is 8.60 Å². The fourth-order valence-corrected chi connectivity index (χ4v) is 4.40. The van der Waals surface area contributed by atoms with Crippen LogP contribution in [0.15, 0.2) is 0 Å². The van der Waals surface area contributed by atoms with E-state index in [1.54, 1.807) is 0 Å². The van der Waals surface area contributed by atoms with Crippen LogP contribution in [0.25, 0.3) is 0 Å². The summed E-state index contributed by atoms with van der Waals surface area (Å²) in [6.07, 6.45) is 27.3. The molecule has 0 aliphatic rings. The maximum Gasteiger partial charge on any atom is 0.327 e. The van der Waals surface area contributed by atoms with E-state index in [0.717, 1.165) is 25.7 Å². The lowest BCUT2D eigenvalue weighted by Gasteiger charge is -2.17. The summed E-state index contributed by atoms with van der Waals surface area (Å²) < 4.78 is 5.38. The van der Waals surface area contributed by atoms with Crippen molar-refractivity contribution in [3.8, 4) is 0 Å². The third-order valence-corrected chi connectivity index (χ3v) is 6.24. The molecule has 0 saturated carbocycles. The molecule has 0 aliphatic carbocycles. The van der Waals surface area contributed by atoms with Crippen LogP contribution in [0.2, 0.25) is 0 Å². The van der Waals surface area contributed by atoms with E-state index < -0.39 is 8.60 Å². The van der Waals surface area contributed by atoms with Gasteiger partial charge in [0.15, 0.2) is 0 Å². The van der Waals surface area contributed by atoms with Crippen molar-refractivity contribution >= 4 is 8.60 Å². The summed E-state index contributed by atoms with van der Waals surface area (Å²) in [5, 5.41) is 0. The first kappa shape index (κ1) is 28.3. The van der Waals surface area contributed by atoms with E-state index in [0.29, 0.717) is 0 Å². The minimum Gasteiger partial charge on any atom is -0.328 e. The maximum absolute atomic E-state index is 9.23. The van der Waals surface area contributed by atoms with Gasteiger partial charge in [-0.15, -0.1) is 0 Å². The maximum atomic E-state index is 9.23. The van der Waals surface area contributed by atoms with Crippen LogP contribution in [0.4, 0.5) is 0 Å². The van der Waals surface area contributed by atoms with Gasteiger partial charge in [-0.3, -0.25) is 0 Å². The molecule has 0 heterocycles. The molecule has 0 aromatic heterocycles. The number of rotatable bonds is 23. The second-order valence-electron chi connectivity index (χ2n) is 8.57. The molecule has 1 atom stereocenters. The molecule has 170 valence electrons. The highest BCUT2D eigenvalue weighted by molar-refractivity contribution is 7.39. The van der Waals surface area contributed by atoms with Crippen molar-refractivity contribution in [1.29, 1.82) is 0 Å². The Kier molecular flexibility index (Phi) is 23.8. The Morgan fingerprint density at radius 2 is 0.786 bits per heavy atom. The topological polar surface area (TPSA) is 49.7 Å². The predicted octanol–water partition coefficient (Wildman–Crippen LogP) is 8.82. The lowest BCUT2D eigenvalue weighted by Crippen LogP contribution is -2.10. The van der Waals surface area contributed by atoms with Gasteiger partial charge in [0.25, 0.3) is 0 Å². The molecule has 0 aromatic rings. The molecule has 0 spiro atoms. The third kappa shape index (κ3) is 22.6. The fraction of sp³-hybridized carbons (Fsp3) is 1.00. The van der Waals surface area contributed by atoms with Crippen molar-refractivity contribution in [2.75, 3.05) is 0 Å². The largest absolute Gasteiger partial charge is 0.328 e. The summed E-state index contributed by atoms with van der Waals surface area (Å²) in [6, 6.07) is 0. The van der Waals surface area contributed by atoms with Gasteiger partial charge in [-0.05, 0) is 12.8 Å². The van der Waals surface area contributed by atoms with E-state index in [4.69, 9.17) is 4.52 Å². The molecule has 0 aromatic carbocycles. The van der Waals surface area contributed by atoms with Gasteiger partial charge in [-0.25, -0.2) is 0 Å². The van der Waals surface area contributed by atoms with Crippen LogP contribution in [-0.2, 0) is 4.52 Å². The Morgan fingerprint density at radius 3 is 1.07 bits per heavy atom. The zero-order valence-corrected chi connectivity index (χ0v) is 20.1. The Bertz CT molecular complexity index is 287. The summed E-state index contributed by atoms with van der Waals surface area (Å²) in [5.41, 5.74) is 0. The average molecular weight is 419 g/mol. The molecule has 0 bridgehead atoms.